The normalized spacial score (nSPS) is 11.8. The lowest BCUT2D eigenvalue weighted by Crippen LogP contribution is -2.36. The van der Waals surface area contributed by atoms with Gasteiger partial charge in [0.25, 0.3) is 5.91 Å². The minimum absolute atomic E-state index is 0.0759. The van der Waals surface area contributed by atoms with E-state index in [1.165, 1.54) is 0 Å². The van der Waals surface area contributed by atoms with E-state index < -0.39 is 6.10 Å². The summed E-state index contributed by atoms with van der Waals surface area (Å²) < 4.78 is 10.7. The number of nitrogens with one attached hydrogen (secondary N) is 1. The molecule has 0 spiro atoms. The number of ether oxygens (including phenoxy) is 1. The van der Waals surface area contributed by atoms with E-state index in [0.717, 1.165) is 0 Å². The third-order valence-corrected chi connectivity index (χ3v) is 4.15. The number of para-hydroxylation sites is 1. The van der Waals surface area contributed by atoms with Gasteiger partial charge in [-0.15, -0.1) is 0 Å². The van der Waals surface area contributed by atoms with Gasteiger partial charge in [-0.3, -0.25) is 4.79 Å². The molecule has 26 heavy (non-hydrogen) atoms. The average molecular weight is 392 g/mol. The summed E-state index contributed by atoms with van der Waals surface area (Å²) in [6.07, 6.45) is -0.735. The number of carbonyl (C=O) groups excluding carboxylic acids is 1. The van der Waals surface area contributed by atoms with E-state index >= 15 is 0 Å². The maximum atomic E-state index is 12.2. The molecule has 0 radical (unpaired) electrons. The summed E-state index contributed by atoms with van der Waals surface area (Å²) in [7, 11) is 0. The first kappa shape index (κ1) is 18.2. The van der Waals surface area contributed by atoms with Crippen molar-refractivity contribution in [3.8, 4) is 17.1 Å². The van der Waals surface area contributed by atoms with Crippen molar-refractivity contribution in [3.05, 3.63) is 64.5 Å². The lowest BCUT2D eigenvalue weighted by Gasteiger charge is -2.14. The second kappa shape index (κ2) is 8.21. The number of amides is 1. The number of hydrogen-bond donors (Lipinski definition) is 1. The van der Waals surface area contributed by atoms with Crippen LogP contribution >= 0.6 is 23.2 Å². The quantitative estimate of drug-likeness (QED) is 0.683. The van der Waals surface area contributed by atoms with Gasteiger partial charge >= 0.3 is 0 Å². The van der Waals surface area contributed by atoms with Crippen LogP contribution in [0.3, 0.4) is 0 Å². The minimum Gasteiger partial charge on any atom is -0.479 e. The van der Waals surface area contributed by atoms with E-state index in [4.69, 9.17) is 32.5 Å². The highest BCUT2D eigenvalue weighted by Gasteiger charge is 2.17. The van der Waals surface area contributed by atoms with Crippen molar-refractivity contribution >= 4 is 29.1 Å². The summed E-state index contributed by atoms with van der Waals surface area (Å²) in [5.41, 5.74) is 0.658. The van der Waals surface area contributed by atoms with Crippen LogP contribution in [-0.2, 0) is 11.3 Å². The predicted octanol–water partition coefficient (Wildman–Crippen LogP) is 4.13. The SMILES string of the molecule is CC(Oc1ccccc1Cl)C(=O)NCc1nc(-c2ccccc2Cl)no1. The zero-order valence-electron chi connectivity index (χ0n) is 13.8. The predicted molar refractivity (Wildman–Crippen MR) is 98.1 cm³/mol. The molecule has 1 atom stereocenters. The molecule has 3 rings (SSSR count). The largest absolute Gasteiger partial charge is 0.479 e. The summed E-state index contributed by atoms with van der Waals surface area (Å²) in [5.74, 6) is 0.733. The minimum atomic E-state index is -0.735. The maximum absolute atomic E-state index is 12.2. The van der Waals surface area contributed by atoms with Crippen molar-refractivity contribution in [2.24, 2.45) is 0 Å². The number of halogens is 2. The molecule has 1 aromatic heterocycles. The molecule has 0 aliphatic carbocycles. The van der Waals surface area contributed by atoms with E-state index in [1.807, 2.05) is 12.1 Å². The van der Waals surface area contributed by atoms with E-state index in [2.05, 4.69) is 15.5 Å². The molecule has 1 N–H and O–H groups in total. The van der Waals surface area contributed by atoms with Crippen LogP contribution in [0.4, 0.5) is 0 Å². The Balaban J connectivity index is 1.58. The van der Waals surface area contributed by atoms with Gasteiger partial charge in [0.1, 0.15) is 5.75 Å². The van der Waals surface area contributed by atoms with Crippen LogP contribution in [-0.4, -0.2) is 22.2 Å². The van der Waals surface area contributed by atoms with E-state index in [9.17, 15) is 4.79 Å². The molecule has 0 aliphatic rings. The van der Waals surface area contributed by atoms with Gasteiger partial charge in [-0.2, -0.15) is 4.98 Å². The highest BCUT2D eigenvalue weighted by Crippen LogP contribution is 2.25. The van der Waals surface area contributed by atoms with Crippen molar-refractivity contribution in [1.29, 1.82) is 0 Å². The van der Waals surface area contributed by atoms with Crippen molar-refractivity contribution in [2.75, 3.05) is 0 Å². The van der Waals surface area contributed by atoms with Crippen LogP contribution in [0, 0.1) is 0 Å². The van der Waals surface area contributed by atoms with Crippen molar-refractivity contribution in [3.63, 3.8) is 0 Å². The van der Waals surface area contributed by atoms with Gasteiger partial charge < -0.3 is 14.6 Å². The number of carbonyl (C=O) groups is 1. The monoisotopic (exact) mass is 391 g/mol. The smallest absolute Gasteiger partial charge is 0.261 e. The highest BCUT2D eigenvalue weighted by atomic mass is 35.5. The number of hydrogen-bond acceptors (Lipinski definition) is 5. The fourth-order valence-electron chi connectivity index (χ4n) is 2.17. The lowest BCUT2D eigenvalue weighted by atomic mass is 10.2. The first-order valence-corrected chi connectivity index (χ1v) is 8.56. The number of aromatic nitrogens is 2. The summed E-state index contributed by atoms with van der Waals surface area (Å²) >= 11 is 12.1. The van der Waals surface area contributed by atoms with Crippen molar-refractivity contribution < 1.29 is 14.1 Å². The second-order valence-electron chi connectivity index (χ2n) is 5.40. The molecule has 134 valence electrons. The third kappa shape index (κ3) is 4.33. The van der Waals surface area contributed by atoms with Crippen LogP contribution in [0.5, 0.6) is 5.75 Å². The summed E-state index contributed by atoms with van der Waals surface area (Å²) in [4.78, 5) is 16.4. The molecule has 1 amide bonds. The lowest BCUT2D eigenvalue weighted by molar-refractivity contribution is -0.127. The standard InChI is InChI=1S/C18H15Cl2N3O3/c1-11(25-15-9-5-4-8-14(15)20)18(24)21-10-16-22-17(23-26-16)12-6-2-3-7-13(12)19/h2-9,11H,10H2,1H3,(H,21,24). The third-order valence-electron chi connectivity index (χ3n) is 3.51. The molecule has 6 nitrogen and oxygen atoms in total. The first-order chi connectivity index (χ1) is 12.5. The van der Waals surface area contributed by atoms with Crippen LogP contribution in [0.1, 0.15) is 12.8 Å². The number of benzene rings is 2. The Hall–Kier alpha value is -2.57. The molecule has 0 bridgehead atoms. The second-order valence-corrected chi connectivity index (χ2v) is 6.21. The summed E-state index contributed by atoms with van der Waals surface area (Å²) in [6.45, 7) is 1.70. The zero-order chi connectivity index (χ0) is 18.5. The molecule has 0 saturated heterocycles. The Labute approximate surface area is 160 Å². The highest BCUT2D eigenvalue weighted by molar-refractivity contribution is 6.33. The molecule has 8 heteroatoms. The molecule has 0 saturated carbocycles. The van der Waals surface area contributed by atoms with Crippen LogP contribution in [0.2, 0.25) is 10.0 Å². The Kier molecular flexibility index (Phi) is 5.75. The van der Waals surface area contributed by atoms with Gasteiger partial charge in [0, 0.05) is 5.56 Å². The van der Waals surface area contributed by atoms with Crippen LogP contribution in [0.15, 0.2) is 53.1 Å². The Bertz CT molecular complexity index is 914. The molecule has 1 heterocycles. The van der Waals surface area contributed by atoms with Gasteiger partial charge in [0.05, 0.1) is 16.6 Å². The van der Waals surface area contributed by atoms with Gasteiger partial charge in [0.15, 0.2) is 6.10 Å². The fraction of sp³-hybridized carbons (Fsp3) is 0.167. The van der Waals surface area contributed by atoms with Crippen molar-refractivity contribution in [2.45, 2.75) is 19.6 Å². The van der Waals surface area contributed by atoms with E-state index in [0.29, 0.717) is 27.2 Å². The summed E-state index contributed by atoms with van der Waals surface area (Å²) in [5, 5.41) is 7.52. The Morgan fingerprint density at radius 3 is 2.58 bits per heavy atom. The van der Waals surface area contributed by atoms with Crippen LogP contribution in [0.25, 0.3) is 11.4 Å². The molecule has 1 unspecified atom stereocenters. The average Bonchev–Trinajstić information content (AvgIpc) is 3.10. The van der Waals surface area contributed by atoms with Gasteiger partial charge in [-0.05, 0) is 31.2 Å². The fourth-order valence-corrected chi connectivity index (χ4v) is 2.57. The molecule has 2 aromatic carbocycles. The molecule has 0 fully saturated rings. The maximum Gasteiger partial charge on any atom is 0.261 e. The first-order valence-electron chi connectivity index (χ1n) is 7.81. The van der Waals surface area contributed by atoms with Gasteiger partial charge in [0.2, 0.25) is 11.7 Å². The zero-order valence-corrected chi connectivity index (χ0v) is 15.3. The van der Waals surface area contributed by atoms with Gasteiger partial charge in [-0.25, -0.2) is 0 Å². The molecule has 3 aromatic rings. The Morgan fingerprint density at radius 2 is 1.85 bits per heavy atom. The molecular formula is C18H15Cl2N3O3. The van der Waals surface area contributed by atoms with E-state index in [-0.39, 0.29) is 18.3 Å². The van der Waals surface area contributed by atoms with E-state index in [1.54, 1.807) is 43.3 Å². The topological polar surface area (TPSA) is 77.2 Å². The van der Waals surface area contributed by atoms with Gasteiger partial charge in [-0.1, -0.05) is 52.6 Å². The van der Waals surface area contributed by atoms with Crippen molar-refractivity contribution in [1.82, 2.24) is 15.5 Å². The Morgan fingerprint density at radius 1 is 1.15 bits per heavy atom. The molecular weight excluding hydrogens is 377 g/mol. The molecule has 0 aliphatic heterocycles. The number of rotatable bonds is 6. The van der Waals surface area contributed by atoms with Crippen LogP contribution < -0.4 is 10.1 Å². The number of nitrogens with zero attached hydrogens (tertiary/aromatic N) is 2. The summed E-state index contributed by atoms with van der Waals surface area (Å²) in [6, 6.07) is 14.1.